The van der Waals surface area contributed by atoms with E-state index in [1.54, 1.807) is 19.9 Å². The van der Waals surface area contributed by atoms with E-state index in [0.717, 1.165) is 25.1 Å². The molecule has 0 saturated carbocycles. The van der Waals surface area contributed by atoms with Crippen LogP contribution in [0.1, 0.15) is 38.1 Å². The van der Waals surface area contributed by atoms with Gasteiger partial charge in [-0.15, -0.1) is 9.24 Å². The Kier molecular flexibility index (Phi) is 5.28. The molecule has 6 heteroatoms. The summed E-state index contributed by atoms with van der Waals surface area (Å²) in [5.41, 5.74) is 1.57. The predicted octanol–water partition coefficient (Wildman–Crippen LogP) is 4.89. The quantitative estimate of drug-likeness (QED) is 0.568. The van der Waals surface area contributed by atoms with Crippen LogP contribution in [0.2, 0.25) is 0 Å². The van der Waals surface area contributed by atoms with Gasteiger partial charge in [0.25, 0.3) is 0 Å². The fourth-order valence-electron chi connectivity index (χ4n) is 2.48. The summed E-state index contributed by atoms with van der Waals surface area (Å²) in [5.74, 6) is 0. The molecule has 2 rings (SSSR count). The predicted molar refractivity (Wildman–Crippen MR) is 86.4 cm³/mol. The fraction of sp³-hybridized carbons (Fsp3) is 0.438. The molecule has 0 radical (unpaired) electrons. The minimum absolute atomic E-state index is 0.334. The van der Waals surface area contributed by atoms with Crippen molar-refractivity contribution in [3.63, 3.8) is 0 Å². The van der Waals surface area contributed by atoms with E-state index in [1.165, 1.54) is 12.2 Å². The van der Waals surface area contributed by atoms with E-state index in [1.807, 2.05) is 10.7 Å². The van der Waals surface area contributed by atoms with Gasteiger partial charge in [0, 0.05) is 17.8 Å². The molecule has 0 aromatic carbocycles. The number of aromatic nitrogens is 2. The Hall–Kier alpha value is -1.35. The van der Waals surface area contributed by atoms with Crippen LogP contribution in [0.15, 0.2) is 35.2 Å². The van der Waals surface area contributed by atoms with Crippen molar-refractivity contribution in [2.24, 2.45) is 0 Å². The lowest BCUT2D eigenvalue weighted by molar-refractivity contribution is -0.0883. The Morgan fingerprint density at radius 2 is 2.18 bits per heavy atom. The second kappa shape index (κ2) is 6.82. The minimum Gasteiger partial charge on any atom is -0.269 e. The van der Waals surface area contributed by atoms with Crippen molar-refractivity contribution >= 4 is 14.8 Å². The monoisotopic (exact) mass is 328 g/mol. The first-order valence-corrected chi connectivity index (χ1v) is 7.92. The Morgan fingerprint density at radius 3 is 2.73 bits per heavy atom. The second-order valence-corrected chi connectivity index (χ2v) is 5.84. The maximum Gasteiger partial charge on any atom is 0.416 e. The smallest absolute Gasteiger partial charge is 0.269 e. The lowest BCUT2D eigenvalue weighted by Gasteiger charge is -2.11. The highest BCUT2D eigenvalue weighted by Crippen LogP contribution is 2.35. The second-order valence-electron chi connectivity index (χ2n) is 5.22. The molecule has 1 aliphatic rings. The molecule has 1 unspecified atom stereocenters. The van der Waals surface area contributed by atoms with Gasteiger partial charge in [0.15, 0.2) is 0 Å². The number of rotatable bonds is 4. The van der Waals surface area contributed by atoms with Gasteiger partial charge in [0.1, 0.15) is 0 Å². The largest absolute Gasteiger partial charge is 0.416 e. The molecule has 0 saturated heterocycles. The molecule has 0 aliphatic carbocycles. The van der Waals surface area contributed by atoms with Crippen LogP contribution in [-0.2, 0) is 13.0 Å². The van der Waals surface area contributed by atoms with E-state index in [9.17, 15) is 13.2 Å². The van der Waals surface area contributed by atoms with Gasteiger partial charge < -0.3 is 0 Å². The van der Waals surface area contributed by atoms with Crippen LogP contribution >= 0.6 is 9.24 Å². The highest BCUT2D eigenvalue weighted by Gasteiger charge is 2.32. The lowest BCUT2D eigenvalue weighted by Crippen LogP contribution is -2.10. The topological polar surface area (TPSA) is 17.8 Å². The molecule has 0 spiro atoms. The Balaban J connectivity index is 2.50. The zero-order valence-electron chi connectivity index (χ0n) is 12.7. The van der Waals surface area contributed by atoms with Crippen LogP contribution in [-0.4, -0.2) is 16.0 Å². The van der Waals surface area contributed by atoms with Gasteiger partial charge >= 0.3 is 6.18 Å². The summed E-state index contributed by atoms with van der Waals surface area (Å²) in [7, 11) is 2.50. The number of hydrogen-bond donors (Lipinski definition) is 0. The summed E-state index contributed by atoms with van der Waals surface area (Å²) in [6.07, 6.45) is 2.13. The van der Waals surface area contributed by atoms with Gasteiger partial charge in [0.05, 0.1) is 11.3 Å². The molecule has 0 bridgehead atoms. The van der Waals surface area contributed by atoms with Gasteiger partial charge in [0.2, 0.25) is 0 Å². The van der Waals surface area contributed by atoms with E-state index in [-0.39, 0.29) is 0 Å². The van der Waals surface area contributed by atoms with Crippen molar-refractivity contribution in [3.05, 3.63) is 46.6 Å². The van der Waals surface area contributed by atoms with Crippen LogP contribution in [0, 0.1) is 0 Å². The molecule has 0 amide bonds. The van der Waals surface area contributed by atoms with Crippen LogP contribution in [0.4, 0.5) is 13.2 Å². The molecular formula is C16H20F3N2P. The fourth-order valence-corrected chi connectivity index (χ4v) is 2.72. The van der Waals surface area contributed by atoms with Crippen LogP contribution in [0.5, 0.6) is 0 Å². The molecule has 1 aromatic rings. The van der Waals surface area contributed by atoms with E-state index in [2.05, 4.69) is 14.3 Å². The highest BCUT2D eigenvalue weighted by atomic mass is 31.0. The molecule has 1 atom stereocenters. The first kappa shape index (κ1) is 17.0. The molecule has 2 heterocycles. The van der Waals surface area contributed by atoms with Gasteiger partial charge in [-0.2, -0.15) is 18.3 Å². The van der Waals surface area contributed by atoms with Crippen molar-refractivity contribution in [2.75, 3.05) is 0 Å². The summed E-state index contributed by atoms with van der Waals surface area (Å²) in [6, 6.07) is 1.90. The van der Waals surface area contributed by atoms with E-state index < -0.39 is 11.7 Å². The van der Waals surface area contributed by atoms with Gasteiger partial charge in [-0.3, -0.25) is 4.68 Å². The van der Waals surface area contributed by atoms with Crippen LogP contribution in [0.3, 0.4) is 0 Å². The van der Waals surface area contributed by atoms with E-state index in [4.69, 9.17) is 0 Å². The number of aryl methyl sites for hydroxylation is 2. The summed E-state index contributed by atoms with van der Waals surface area (Å²) >= 11 is 0. The number of halogens is 3. The van der Waals surface area contributed by atoms with Crippen molar-refractivity contribution in [1.29, 1.82) is 0 Å². The third kappa shape index (κ3) is 3.70. The highest BCUT2D eigenvalue weighted by molar-refractivity contribution is 7.24. The third-order valence-electron chi connectivity index (χ3n) is 3.62. The number of hydrogen-bond acceptors (Lipinski definition) is 1. The van der Waals surface area contributed by atoms with E-state index >= 15 is 0 Å². The Labute approximate surface area is 131 Å². The summed E-state index contributed by atoms with van der Waals surface area (Å²) in [6.45, 7) is 4.33. The standard InChI is InChI=1S/C16H20F3N2P/c1-3-6-11(16(17,18)19)9-13(15(22)4-2)14-10-12-7-5-8-21(12)20-14/h4,6,9-10H,3,5,7-8,22H2,1-2H3/b11-6-,13-9-,15-4+. The SMILES string of the molecule is C\C=C(P)/C(=C\C(=C\CC)C(F)(F)F)c1cc2n(n1)CCC2. The molecule has 1 aromatic heterocycles. The zero-order chi connectivity index (χ0) is 16.3. The maximum absolute atomic E-state index is 13.1. The Bertz CT molecular complexity index is 615. The molecular weight excluding hydrogens is 308 g/mol. The minimum atomic E-state index is -4.36. The average Bonchev–Trinajstić information content (AvgIpc) is 3.02. The first-order valence-electron chi connectivity index (χ1n) is 7.35. The van der Waals surface area contributed by atoms with Crippen molar-refractivity contribution in [2.45, 2.75) is 45.8 Å². The summed E-state index contributed by atoms with van der Waals surface area (Å²) in [4.78, 5) is 0. The first-order chi connectivity index (χ1) is 10.4. The summed E-state index contributed by atoms with van der Waals surface area (Å²) < 4.78 is 41.3. The third-order valence-corrected chi connectivity index (χ3v) is 4.26. The van der Waals surface area contributed by atoms with Gasteiger partial charge in [-0.25, -0.2) is 0 Å². The number of nitrogens with zero attached hydrogens (tertiary/aromatic N) is 2. The van der Waals surface area contributed by atoms with Crippen LogP contribution in [0.25, 0.3) is 5.57 Å². The van der Waals surface area contributed by atoms with Crippen molar-refractivity contribution < 1.29 is 13.2 Å². The molecule has 2 nitrogen and oxygen atoms in total. The molecule has 1 aliphatic heterocycles. The van der Waals surface area contributed by atoms with Crippen molar-refractivity contribution in [1.82, 2.24) is 9.78 Å². The average molecular weight is 328 g/mol. The molecule has 0 fully saturated rings. The van der Waals surface area contributed by atoms with Crippen molar-refractivity contribution in [3.8, 4) is 0 Å². The van der Waals surface area contributed by atoms with Gasteiger partial charge in [-0.05, 0) is 43.6 Å². The summed E-state index contributed by atoms with van der Waals surface area (Å²) in [5, 5.41) is 5.17. The maximum atomic E-state index is 13.1. The number of fused-ring (bicyclic) bond motifs is 1. The number of allylic oxidation sites excluding steroid dienone is 6. The van der Waals surface area contributed by atoms with E-state index in [0.29, 0.717) is 23.0 Å². The molecule has 120 valence electrons. The van der Waals surface area contributed by atoms with Crippen LogP contribution < -0.4 is 0 Å². The lowest BCUT2D eigenvalue weighted by atomic mass is 10.1. The molecule has 22 heavy (non-hydrogen) atoms. The Morgan fingerprint density at radius 1 is 1.45 bits per heavy atom. The normalized spacial score (nSPS) is 17.1. The number of alkyl halides is 3. The van der Waals surface area contributed by atoms with Gasteiger partial charge in [-0.1, -0.05) is 19.1 Å². The molecule has 0 N–H and O–H groups in total. The zero-order valence-corrected chi connectivity index (χ0v) is 13.9.